The van der Waals surface area contributed by atoms with Gasteiger partial charge in [-0.05, 0) is 23.8 Å². The Labute approximate surface area is 131 Å². The zero-order valence-electron chi connectivity index (χ0n) is 11.4. The van der Waals surface area contributed by atoms with Crippen LogP contribution in [0.4, 0.5) is 0 Å². The summed E-state index contributed by atoms with van der Waals surface area (Å²) in [5.41, 5.74) is 8.19. The lowest BCUT2D eigenvalue weighted by Gasteiger charge is -2.30. The van der Waals surface area contributed by atoms with Gasteiger partial charge in [0.1, 0.15) is 12.4 Å². The highest BCUT2D eigenvalue weighted by Gasteiger charge is 2.32. The van der Waals surface area contributed by atoms with E-state index in [1.807, 2.05) is 36.4 Å². The SMILES string of the molecule is NC1c2ccccc2OCC1S(=O)Cc1ccc(Cl)cc1. The van der Waals surface area contributed by atoms with Crippen molar-refractivity contribution >= 4 is 22.4 Å². The van der Waals surface area contributed by atoms with Crippen molar-refractivity contribution < 1.29 is 8.95 Å². The van der Waals surface area contributed by atoms with E-state index in [1.165, 1.54) is 0 Å². The third kappa shape index (κ3) is 3.12. The van der Waals surface area contributed by atoms with Gasteiger partial charge in [-0.25, -0.2) is 0 Å². The molecule has 3 rings (SSSR count). The smallest absolute Gasteiger partial charge is 0.124 e. The molecule has 110 valence electrons. The molecule has 0 amide bonds. The maximum Gasteiger partial charge on any atom is 0.124 e. The van der Waals surface area contributed by atoms with Gasteiger partial charge < -0.3 is 10.5 Å². The van der Waals surface area contributed by atoms with Gasteiger partial charge in [0, 0.05) is 27.1 Å². The largest absolute Gasteiger partial charge is 0.492 e. The van der Waals surface area contributed by atoms with E-state index in [0.717, 1.165) is 16.9 Å². The maximum atomic E-state index is 12.6. The Morgan fingerprint density at radius 3 is 2.67 bits per heavy atom. The fraction of sp³-hybridized carbons (Fsp3) is 0.250. The second-order valence-corrected chi connectivity index (χ2v) is 7.16. The number of hydrogen-bond acceptors (Lipinski definition) is 3. The Balaban J connectivity index is 1.75. The Morgan fingerprint density at radius 1 is 1.19 bits per heavy atom. The third-order valence-electron chi connectivity index (χ3n) is 3.64. The number of para-hydroxylation sites is 1. The summed E-state index contributed by atoms with van der Waals surface area (Å²) in [5, 5.41) is 0.478. The van der Waals surface area contributed by atoms with Gasteiger partial charge in [-0.2, -0.15) is 0 Å². The minimum Gasteiger partial charge on any atom is -0.492 e. The molecular formula is C16H16ClNO2S. The van der Waals surface area contributed by atoms with E-state index in [2.05, 4.69) is 0 Å². The molecule has 0 fully saturated rings. The molecule has 5 heteroatoms. The summed E-state index contributed by atoms with van der Waals surface area (Å²) in [5.74, 6) is 1.26. The van der Waals surface area contributed by atoms with E-state index in [-0.39, 0.29) is 11.3 Å². The molecule has 0 aliphatic carbocycles. The number of rotatable bonds is 3. The second-order valence-electron chi connectivity index (χ2n) is 5.06. The minimum absolute atomic E-state index is 0.199. The molecule has 0 saturated carbocycles. The average Bonchev–Trinajstić information content (AvgIpc) is 2.50. The van der Waals surface area contributed by atoms with Gasteiger partial charge in [0.25, 0.3) is 0 Å². The van der Waals surface area contributed by atoms with Crippen LogP contribution < -0.4 is 10.5 Å². The number of nitrogens with two attached hydrogens (primary N) is 1. The van der Waals surface area contributed by atoms with E-state index in [9.17, 15) is 4.21 Å². The van der Waals surface area contributed by atoms with Crippen LogP contribution in [0.2, 0.25) is 5.02 Å². The molecule has 21 heavy (non-hydrogen) atoms. The standard InChI is InChI=1S/C16H16ClNO2S/c17-12-7-5-11(6-8-12)10-21(19)15-9-20-14-4-2-1-3-13(14)16(15)18/h1-8,15-16H,9-10,18H2. The van der Waals surface area contributed by atoms with Crippen molar-refractivity contribution in [1.29, 1.82) is 0 Å². The lowest BCUT2D eigenvalue weighted by Crippen LogP contribution is -2.39. The summed E-state index contributed by atoms with van der Waals surface area (Å²) in [6, 6.07) is 14.8. The normalized spacial score (nSPS) is 22.2. The van der Waals surface area contributed by atoms with Gasteiger partial charge in [-0.3, -0.25) is 4.21 Å². The minimum atomic E-state index is -1.09. The average molecular weight is 322 g/mol. The van der Waals surface area contributed by atoms with Crippen LogP contribution in [0.3, 0.4) is 0 Å². The highest BCUT2D eigenvalue weighted by Crippen LogP contribution is 2.33. The van der Waals surface area contributed by atoms with Crippen LogP contribution in [0.25, 0.3) is 0 Å². The molecule has 1 aliphatic rings. The van der Waals surface area contributed by atoms with Crippen molar-refractivity contribution in [3.8, 4) is 5.75 Å². The molecule has 2 aromatic rings. The van der Waals surface area contributed by atoms with Crippen LogP contribution >= 0.6 is 11.6 Å². The number of fused-ring (bicyclic) bond motifs is 1. The van der Waals surface area contributed by atoms with Crippen LogP contribution in [-0.4, -0.2) is 16.1 Å². The maximum absolute atomic E-state index is 12.6. The van der Waals surface area contributed by atoms with E-state index in [4.69, 9.17) is 22.1 Å². The van der Waals surface area contributed by atoms with Crippen LogP contribution in [-0.2, 0) is 16.6 Å². The monoisotopic (exact) mass is 321 g/mol. The fourth-order valence-corrected chi connectivity index (χ4v) is 4.01. The van der Waals surface area contributed by atoms with Crippen LogP contribution in [0.15, 0.2) is 48.5 Å². The molecule has 1 heterocycles. The summed E-state index contributed by atoms with van der Waals surface area (Å²) >= 11 is 5.86. The Hall–Kier alpha value is -1.36. The first-order chi connectivity index (χ1) is 10.1. The van der Waals surface area contributed by atoms with E-state index in [1.54, 1.807) is 12.1 Å². The molecular weight excluding hydrogens is 306 g/mol. The number of benzene rings is 2. The van der Waals surface area contributed by atoms with Crippen LogP contribution in [0.1, 0.15) is 17.2 Å². The first-order valence-corrected chi connectivity index (χ1v) is 8.50. The predicted molar refractivity (Wildman–Crippen MR) is 86.0 cm³/mol. The van der Waals surface area contributed by atoms with Crippen LogP contribution in [0.5, 0.6) is 5.75 Å². The lowest BCUT2D eigenvalue weighted by molar-refractivity contribution is 0.273. The van der Waals surface area contributed by atoms with E-state index < -0.39 is 10.8 Å². The van der Waals surface area contributed by atoms with Crippen molar-refractivity contribution in [1.82, 2.24) is 0 Å². The van der Waals surface area contributed by atoms with Crippen molar-refractivity contribution in [2.75, 3.05) is 6.61 Å². The Bertz CT molecular complexity index is 660. The summed E-state index contributed by atoms with van der Waals surface area (Å²) in [4.78, 5) is 0. The molecule has 0 bridgehead atoms. The zero-order chi connectivity index (χ0) is 14.8. The molecule has 0 radical (unpaired) electrons. The summed E-state index contributed by atoms with van der Waals surface area (Å²) in [6.07, 6.45) is 0. The third-order valence-corrected chi connectivity index (χ3v) is 5.62. The van der Waals surface area contributed by atoms with E-state index >= 15 is 0 Å². The summed E-state index contributed by atoms with van der Waals surface area (Å²) < 4.78 is 18.3. The molecule has 0 spiro atoms. The van der Waals surface area contributed by atoms with Crippen molar-refractivity contribution in [3.63, 3.8) is 0 Å². The fourth-order valence-electron chi connectivity index (χ4n) is 2.45. The highest BCUT2D eigenvalue weighted by molar-refractivity contribution is 7.84. The topological polar surface area (TPSA) is 52.3 Å². The van der Waals surface area contributed by atoms with Gasteiger partial charge in [-0.1, -0.05) is 41.9 Å². The summed E-state index contributed by atoms with van der Waals surface area (Å²) in [7, 11) is -1.09. The number of halogens is 1. The van der Waals surface area contributed by atoms with Gasteiger partial charge in [0.2, 0.25) is 0 Å². The van der Waals surface area contributed by atoms with Crippen molar-refractivity contribution in [3.05, 3.63) is 64.7 Å². The van der Waals surface area contributed by atoms with Crippen molar-refractivity contribution in [2.45, 2.75) is 17.0 Å². The lowest BCUT2D eigenvalue weighted by atomic mass is 10.0. The molecule has 3 atom stereocenters. The highest BCUT2D eigenvalue weighted by atomic mass is 35.5. The Kier molecular flexibility index (Phi) is 4.29. The van der Waals surface area contributed by atoms with Gasteiger partial charge >= 0.3 is 0 Å². The molecule has 3 nitrogen and oxygen atoms in total. The molecule has 2 N–H and O–H groups in total. The molecule has 3 unspecified atom stereocenters. The first kappa shape index (κ1) is 14.6. The quantitative estimate of drug-likeness (QED) is 0.945. The first-order valence-electron chi connectivity index (χ1n) is 6.74. The predicted octanol–water partition coefficient (Wildman–Crippen LogP) is 3.05. The zero-order valence-corrected chi connectivity index (χ0v) is 12.9. The summed E-state index contributed by atoms with van der Waals surface area (Å²) in [6.45, 7) is 0.387. The number of ether oxygens (including phenoxy) is 1. The van der Waals surface area contributed by atoms with E-state index in [0.29, 0.717) is 17.4 Å². The van der Waals surface area contributed by atoms with Crippen molar-refractivity contribution in [2.24, 2.45) is 5.73 Å². The molecule has 2 aromatic carbocycles. The molecule has 0 saturated heterocycles. The number of hydrogen-bond donors (Lipinski definition) is 1. The van der Waals surface area contributed by atoms with Gasteiger partial charge in [-0.15, -0.1) is 0 Å². The van der Waals surface area contributed by atoms with Crippen LogP contribution in [0, 0.1) is 0 Å². The van der Waals surface area contributed by atoms with Gasteiger partial charge in [0.15, 0.2) is 0 Å². The second kappa shape index (κ2) is 6.18. The molecule has 0 aromatic heterocycles. The molecule has 1 aliphatic heterocycles. The Morgan fingerprint density at radius 2 is 1.90 bits per heavy atom. The van der Waals surface area contributed by atoms with Gasteiger partial charge in [0.05, 0.1) is 11.3 Å².